The maximum atomic E-state index is 11.4. The molecule has 0 bridgehead atoms. The van der Waals surface area contributed by atoms with Crippen LogP contribution in [0.1, 0.15) is 23.2 Å². The molecular weight excluding hydrogens is 260 g/mol. The monoisotopic (exact) mass is 270 g/mol. The van der Waals surface area contributed by atoms with E-state index < -0.39 is 0 Å². The van der Waals surface area contributed by atoms with E-state index in [4.69, 9.17) is 4.74 Å². The van der Waals surface area contributed by atoms with Gasteiger partial charge < -0.3 is 9.47 Å². The number of benzene rings is 1. The molecule has 0 unspecified atom stereocenters. The first-order valence-corrected chi connectivity index (χ1v) is 5.54. The van der Waals surface area contributed by atoms with Crippen molar-refractivity contribution in [1.29, 1.82) is 0 Å². The molecule has 1 aromatic rings. The fourth-order valence-corrected chi connectivity index (χ4v) is 1.63. The van der Waals surface area contributed by atoms with Crippen LogP contribution in [0, 0.1) is 0 Å². The van der Waals surface area contributed by atoms with E-state index in [1.54, 1.807) is 12.1 Å². The van der Waals surface area contributed by atoms with Crippen LogP contribution in [0.25, 0.3) is 0 Å². The van der Waals surface area contributed by atoms with Gasteiger partial charge in [-0.1, -0.05) is 0 Å². The maximum absolute atomic E-state index is 11.4. The lowest BCUT2D eigenvalue weighted by Gasteiger charge is -2.07. The van der Waals surface area contributed by atoms with Crippen LogP contribution in [0.4, 0.5) is 0 Å². The van der Waals surface area contributed by atoms with Crippen molar-refractivity contribution in [3.8, 4) is 5.75 Å². The van der Waals surface area contributed by atoms with Crippen molar-refractivity contribution >= 4 is 21.9 Å². The average Bonchev–Trinajstić information content (AvgIpc) is 3.04. The van der Waals surface area contributed by atoms with E-state index in [-0.39, 0.29) is 5.97 Å². The Morgan fingerprint density at radius 3 is 2.80 bits per heavy atom. The SMILES string of the molecule is COC(=O)c1cc(OC2CC2)ccc1Br. The third-order valence-electron chi connectivity index (χ3n) is 2.17. The highest BCUT2D eigenvalue weighted by Crippen LogP contribution is 2.29. The largest absolute Gasteiger partial charge is 0.490 e. The fourth-order valence-electron chi connectivity index (χ4n) is 1.22. The number of hydrogen-bond acceptors (Lipinski definition) is 3. The lowest BCUT2D eigenvalue weighted by Crippen LogP contribution is -2.04. The molecule has 0 aliphatic heterocycles. The number of esters is 1. The normalized spacial score (nSPS) is 14.8. The molecule has 0 amide bonds. The minimum atomic E-state index is -0.358. The van der Waals surface area contributed by atoms with Gasteiger partial charge in [0.1, 0.15) is 5.75 Å². The summed E-state index contributed by atoms with van der Waals surface area (Å²) in [6.45, 7) is 0. The number of methoxy groups -OCH3 is 1. The number of halogens is 1. The summed E-state index contributed by atoms with van der Waals surface area (Å²) in [5, 5.41) is 0. The average molecular weight is 271 g/mol. The van der Waals surface area contributed by atoms with Gasteiger partial charge in [-0.05, 0) is 47.0 Å². The molecule has 0 heterocycles. The van der Waals surface area contributed by atoms with Crippen LogP contribution in [0.5, 0.6) is 5.75 Å². The van der Waals surface area contributed by atoms with Crippen LogP contribution in [0.15, 0.2) is 22.7 Å². The van der Waals surface area contributed by atoms with Gasteiger partial charge in [0.15, 0.2) is 0 Å². The zero-order valence-corrected chi connectivity index (χ0v) is 9.91. The maximum Gasteiger partial charge on any atom is 0.339 e. The topological polar surface area (TPSA) is 35.5 Å². The van der Waals surface area contributed by atoms with Gasteiger partial charge in [0.25, 0.3) is 0 Å². The Kier molecular flexibility index (Phi) is 2.95. The van der Waals surface area contributed by atoms with E-state index in [9.17, 15) is 4.79 Å². The molecule has 0 saturated heterocycles. The predicted octanol–water partition coefficient (Wildman–Crippen LogP) is 2.78. The third-order valence-corrected chi connectivity index (χ3v) is 2.86. The number of ether oxygens (including phenoxy) is 2. The van der Waals surface area contributed by atoms with E-state index in [0.29, 0.717) is 11.7 Å². The van der Waals surface area contributed by atoms with Gasteiger partial charge in [-0.3, -0.25) is 0 Å². The van der Waals surface area contributed by atoms with E-state index in [1.807, 2.05) is 6.07 Å². The summed E-state index contributed by atoms with van der Waals surface area (Å²) >= 11 is 3.30. The molecule has 1 saturated carbocycles. The van der Waals surface area contributed by atoms with Crippen molar-refractivity contribution in [3.63, 3.8) is 0 Å². The smallest absolute Gasteiger partial charge is 0.339 e. The lowest BCUT2D eigenvalue weighted by molar-refractivity contribution is 0.0599. The zero-order chi connectivity index (χ0) is 10.8. The Morgan fingerprint density at radius 2 is 2.20 bits per heavy atom. The summed E-state index contributed by atoms with van der Waals surface area (Å²) < 4.78 is 11.0. The molecule has 2 rings (SSSR count). The minimum Gasteiger partial charge on any atom is -0.490 e. The van der Waals surface area contributed by atoms with Gasteiger partial charge in [-0.25, -0.2) is 4.79 Å². The first-order valence-electron chi connectivity index (χ1n) is 4.75. The van der Waals surface area contributed by atoms with Crippen LogP contribution in [0.2, 0.25) is 0 Å². The summed E-state index contributed by atoms with van der Waals surface area (Å²) in [7, 11) is 1.36. The van der Waals surface area contributed by atoms with Crippen molar-refractivity contribution in [2.75, 3.05) is 7.11 Å². The van der Waals surface area contributed by atoms with Gasteiger partial charge in [0.05, 0.1) is 18.8 Å². The van der Waals surface area contributed by atoms with Gasteiger partial charge in [0, 0.05) is 4.47 Å². The second-order valence-electron chi connectivity index (χ2n) is 3.45. The molecule has 0 N–H and O–H groups in total. The Bertz CT molecular complexity index is 385. The second-order valence-corrected chi connectivity index (χ2v) is 4.30. The molecule has 4 heteroatoms. The van der Waals surface area contributed by atoms with Crippen molar-refractivity contribution in [2.45, 2.75) is 18.9 Å². The predicted molar refractivity (Wildman–Crippen MR) is 59.1 cm³/mol. The molecule has 1 aromatic carbocycles. The fraction of sp³-hybridized carbons (Fsp3) is 0.364. The van der Waals surface area contributed by atoms with Crippen LogP contribution in [-0.2, 0) is 4.74 Å². The highest BCUT2D eigenvalue weighted by Gasteiger charge is 2.24. The van der Waals surface area contributed by atoms with Gasteiger partial charge in [-0.2, -0.15) is 0 Å². The van der Waals surface area contributed by atoms with Crippen LogP contribution < -0.4 is 4.74 Å². The van der Waals surface area contributed by atoms with Crippen molar-refractivity contribution in [1.82, 2.24) is 0 Å². The number of carbonyl (C=O) groups is 1. The molecule has 80 valence electrons. The Hall–Kier alpha value is -1.03. The Labute approximate surface area is 96.5 Å². The van der Waals surface area contributed by atoms with Crippen LogP contribution in [-0.4, -0.2) is 19.2 Å². The molecule has 0 aromatic heterocycles. The van der Waals surface area contributed by atoms with E-state index in [1.165, 1.54) is 7.11 Å². The molecule has 0 spiro atoms. The highest BCUT2D eigenvalue weighted by molar-refractivity contribution is 9.10. The van der Waals surface area contributed by atoms with Gasteiger partial charge in [0.2, 0.25) is 0 Å². The zero-order valence-electron chi connectivity index (χ0n) is 8.33. The molecule has 1 fully saturated rings. The van der Waals surface area contributed by atoms with Gasteiger partial charge in [-0.15, -0.1) is 0 Å². The number of carbonyl (C=O) groups excluding carboxylic acids is 1. The standard InChI is InChI=1S/C11H11BrO3/c1-14-11(13)9-6-8(4-5-10(9)12)15-7-2-3-7/h4-7H,2-3H2,1H3. The Balaban J connectivity index is 2.22. The van der Waals surface area contributed by atoms with Crippen LogP contribution >= 0.6 is 15.9 Å². The lowest BCUT2D eigenvalue weighted by atomic mass is 10.2. The van der Waals surface area contributed by atoms with Crippen molar-refractivity contribution in [3.05, 3.63) is 28.2 Å². The molecular formula is C11H11BrO3. The molecule has 15 heavy (non-hydrogen) atoms. The first kappa shape index (κ1) is 10.5. The summed E-state index contributed by atoms with van der Waals surface area (Å²) in [6, 6.07) is 5.34. The molecule has 3 nitrogen and oxygen atoms in total. The van der Waals surface area contributed by atoms with Crippen LogP contribution in [0.3, 0.4) is 0 Å². The van der Waals surface area contributed by atoms with Crippen molar-refractivity contribution in [2.24, 2.45) is 0 Å². The highest BCUT2D eigenvalue weighted by atomic mass is 79.9. The number of rotatable bonds is 3. The molecule has 0 atom stereocenters. The summed E-state index contributed by atoms with van der Waals surface area (Å²) in [6.07, 6.45) is 2.53. The second kappa shape index (κ2) is 4.23. The summed E-state index contributed by atoms with van der Waals surface area (Å²) in [4.78, 5) is 11.4. The van der Waals surface area contributed by atoms with Crippen molar-refractivity contribution < 1.29 is 14.3 Å². The summed E-state index contributed by atoms with van der Waals surface area (Å²) in [5.74, 6) is 0.365. The van der Waals surface area contributed by atoms with Gasteiger partial charge >= 0.3 is 5.97 Å². The van der Waals surface area contributed by atoms with E-state index >= 15 is 0 Å². The summed E-state index contributed by atoms with van der Waals surface area (Å²) in [5.41, 5.74) is 0.496. The Morgan fingerprint density at radius 1 is 1.47 bits per heavy atom. The van der Waals surface area contributed by atoms with E-state index in [2.05, 4.69) is 20.7 Å². The molecule has 1 aliphatic rings. The number of hydrogen-bond donors (Lipinski definition) is 0. The third kappa shape index (κ3) is 2.50. The van der Waals surface area contributed by atoms with E-state index in [0.717, 1.165) is 23.1 Å². The first-order chi connectivity index (χ1) is 7.20. The molecule has 1 aliphatic carbocycles. The molecule has 0 radical (unpaired) electrons. The minimum absolute atomic E-state index is 0.330. The quantitative estimate of drug-likeness (QED) is 0.793.